The number of anilines is 1. The summed E-state index contributed by atoms with van der Waals surface area (Å²) in [5.74, 6) is -9.83. The van der Waals surface area contributed by atoms with E-state index in [2.05, 4.69) is 19.3 Å². The zero-order valence-electron chi connectivity index (χ0n) is 32.1. The van der Waals surface area contributed by atoms with Crippen molar-refractivity contribution >= 4 is 62.5 Å². The van der Waals surface area contributed by atoms with Gasteiger partial charge in [-0.15, -0.1) is 0 Å². The SMILES string of the molecule is CC(=O)OC[C@@H](OC(C)=O)C1O[C@@H](OP(=O)(O)OP(=O)(O)OC[C@@]2(F)O[C@@H](n3cnc4c(N)ncnc43)[C@H]3OC(C)(C)OC32)C(OC(C)=O)[C@@H](OC(C)=O)[C@@H]1OC(C)=O. The van der Waals surface area contributed by atoms with Crippen molar-refractivity contribution in [2.75, 3.05) is 18.9 Å². The molecule has 4 N–H and O–H groups in total. The average Bonchev–Trinajstić information content (AvgIpc) is 3.74. The average molecular weight is 888 g/mol. The molecule has 29 heteroatoms. The van der Waals surface area contributed by atoms with Gasteiger partial charge in [-0.2, -0.15) is 4.31 Å². The van der Waals surface area contributed by atoms with Crippen LogP contribution in [0.5, 0.6) is 0 Å². The minimum Gasteiger partial charge on any atom is -0.462 e. The number of hydrogen-bond donors (Lipinski definition) is 3. The minimum absolute atomic E-state index is 0.0123. The second-order valence-corrected chi connectivity index (χ2v) is 16.4. The summed E-state index contributed by atoms with van der Waals surface area (Å²) in [6, 6.07) is 0. The third-order valence-electron chi connectivity index (χ3n) is 8.25. The van der Waals surface area contributed by atoms with Crippen LogP contribution in [0.4, 0.5) is 10.2 Å². The van der Waals surface area contributed by atoms with E-state index in [0.29, 0.717) is 0 Å². The van der Waals surface area contributed by atoms with Crippen LogP contribution in [-0.4, -0.2) is 133 Å². The molecule has 26 nitrogen and oxygen atoms in total. The first-order valence-electron chi connectivity index (χ1n) is 17.1. The van der Waals surface area contributed by atoms with Crippen molar-refractivity contribution in [3.8, 4) is 0 Å². The highest BCUT2D eigenvalue weighted by Crippen LogP contribution is 2.62. The summed E-state index contributed by atoms with van der Waals surface area (Å²) >= 11 is 0. The number of halogens is 1. The summed E-state index contributed by atoms with van der Waals surface area (Å²) in [6.45, 7) is 5.09. The van der Waals surface area contributed by atoms with Gasteiger partial charge in [0, 0.05) is 34.6 Å². The van der Waals surface area contributed by atoms with E-state index in [4.69, 9.17) is 57.4 Å². The molecular formula is C30H40FN5O21P2. The molecule has 0 saturated carbocycles. The maximum atomic E-state index is 16.7. The topological polar surface area (TPSA) is 340 Å². The van der Waals surface area contributed by atoms with E-state index in [1.54, 1.807) is 0 Å². The molecule has 0 aromatic carbocycles. The van der Waals surface area contributed by atoms with Gasteiger partial charge in [-0.25, -0.2) is 28.5 Å². The molecule has 2 aromatic heterocycles. The normalized spacial score (nSPS) is 31.2. The number of carbonyl (C=O) groups excluding carboxylic acids is 5. The number of imidazole rings is 1. The van der Waals surface area contributed by atoms with E-state index >= 15 is 4.39 Å². The highest BCUT2D eigenvalue weighted by molar-refractivity contribution is 7.61. The first-order chi connectivity index (χ1) is 27.3. The van der Waals surface area contributed by atoms with Crippen molar-refractivity contribution in [2.24, 2.45) is 0 Å². The van der Waals surface area contributed by atoms with Crippen LogP contribution in [-0.2, 0) is 89.1 Å². The molecule has 3 saturated heterocycles. The van der Waals surface area contributed by atoms with Crippen molar-refractivity contribution in [3.63, 3.8) is 0 Å². The van der Waals surface area contributed by atoms with E-state index < -0.39 is 126 Å². The molecule has 0 spiro atoms. The largest absolute Gasteiger partial charge is 0.483 e. The Morgan fingerprint density at radius 1 is 0.881 bits per heavy atom. The number of fused-ring (bicyclic) bond motifs is 2. The van der Waals surface area contributed by atoms with Crippen molar-refractivity contribution in [2.45, 2.75) is 115 Å². The molecule has 0 amide bonds. The summed E-state index contributed by atoms with van der Waals surface area (Å²) in [7, 11) is -12.0. The number of hydrogen-bond acceptors (Lipinski definition) is 23. The van der Waals surface area contributed by atoms with Gasteiger partial charge in [0.2, 0.25) is 6.29 Å². The first kappa shape index (κ1) is 45.8. The lowest BCUT2D eigenvalue weighted by Crippen LogP contribution is -2.65. The molecule has 12 atom stereocenters. The zero-order valence-corrected chi connectivity index (χ0v) is 33.8. The van der Waals surface area contributed by atoms with Gasteiger partial charge in [-0.3, -0.25) is 37.6 Å². The summed E-state index contributed by atoms with van der Waals surface area (Å²) in [5, 5.41) is 0. The van der Waals surface area contributed by atoms with Crippen LogP contribution in [0, 0.1) is 0 Å². The van der Waals surface area contributed by atoms with Crippen LogP contribution in [0.1, 0.15) is 54.7 Å². The van der Waals surface area contributed by atoms with Gasteiger partial charge in [0.25, 0.3) is 5.85 Å². The Hall–Kier alpha value is -4.27. The van der Waals surface area contributed by atoms with Gasteiger partial charge < -0.3 is 58.2 Å². The van der Waals surface area contributed by atoms with Gasteiger partial charge >= 0.3 is 45.5 Å². The maximum Gasteiger partial charge on any atom is 0.483 e. The predicted octanol–water partition coefficient (Wildman–Crippen LogP) is 0.389. The molecule has 0 bridgehead atoms. The second kappa shape index (κ2) is 17.4. The number of phosphoric ester groups is 2. The van der Waals surface area contributed by atoms with Crippen molar-refractivity contribution in [1.82, 2.24) is 19.5 Å². The van der Waals surface area contributed by atoms with Crippen LogP contribution in [0.3, 0.4) is 0 Å². The van der Waals surface area contributed by atoms with Crippen molar-refractivity contribution in [1.29, 1.82) is 0 Å². The maximum absolute atomic E-state index is 16.7. The number of nitrogens with zero attached hydrogens (tertiary/aromatic N) is 4. The molecule has 5 unspecified atom stereocenters. The summed E-state index contributed by atoms with van der Waals surface area (Å²) in [6.07, 6.45) is -14.2. The number of ether oxygens (including phenoxy) is 9. The number of nitrogens with two attached hydrogens (primary N) is 1. The molecule has 328 valence electrons. The van der Waals surface area contributed by atoms with Gasteiger partial charge in [-0.05, 0) is 13.8 Å². The molecule has 3 fully saturated rings. The quantitative estimate of drug-likeness (QED) is 0.124. The lowest BCUT2D eigenvalue weighted by Gasteiger charge is -2.45. The third kappa shape index (κ3) is 10.9. The minimum atomic E-state index is -6.05. The van der Waals surface area contributed by atoms with Crippen LogP contribution in [0.2, 0.25) is 0 Å². The van der Waals surface area contributed by atoms with Crippen LogP contribution in [0.15, 0.2) is 12.7 Å². The molecule has 3 aliphatic heterocycles. The molecule has 59 heavy (non-hydrogen) atoms. The van der Waals surface area contributed by atoms with Crippen LogP contribution >= 0.6 is 15.6 Å². The van der Waals surface area contributed by atoms with E-state index in [1.807, 2.05) is 0 Å². The van der Waals surface area contributed by atoms with Gasteiger partial charge in [-0.1, -0.05) is 0 Å². The highest BCUT2D eigenvalue weighted by Gasteiger charge is 2.66. The van der Waals surface area contributed by atoms with Crippen molar-refractivity contribution in [3.05, 3.63) is 12.7 Å². The monoisotopic (exact) mass is 887 g/mol. The van der Waals surface area contributed by atoms with Gasteiger partial charge in [0.05, 0.1) is 6.33 Å². The number of esters is 5. The molecule has 5 rings (SSSR count). The van der Waals surface area contributed by atoms with Crippen molar-refractivity contribution < 1.29 is 103 Å². The Bertz CT molecular complexity index is 2060. The molecule has 2 aromatic rings. The summed E-state index contributed by atoms with van der Waals surface area (Å²) < 4.78 is 107. The molecule has 0 radical (unpaired) electrons. The smallest absolute Gasteiger partial charge is 0.462 e. The second-order valence-electron chi connectivity index (χ2n) is 13.4. The number of rotatable bonds is 15. The fraction of sp³-hybridized carbons (Fsp3) is 0.667. The Morgan fingerprint density at radius 2 is 1.51 bits per heavy atom. The number of aromatic nitrogens is 4. The fourth-order valence-corrected chi connectivity index (χ4v) is 8.48. The fourth-order valence-electron chi connectivity index (χ4n) is 6.32. The molecule has 0 aliphatic carbocycles. The number of phosphoric acid groups is 2. The molecule has 5 heterocycles. The van der Waals surface area contributed by atoms with Gasteiger partial charge in [0.15, 0.2) is 54.0 Å². The molecule has 3 aliphatic rings. The van der Waals surface area contributed by atoms with E-state index in [0.717, 1.165) is 40.9 Å². The number of carbonyl (C=O) groups is 5. The first-order valence-corrected chi connectivity index (χ1v) is 20.1. The summed E-state index contributed by atoms with van der Waals surface area (Å²) in [4.78, 5) is 93.9. The predicted molar refractivity (Wildman–Crippen MR) is 183 cm³/mol. The van der Waals surface area contributed by atoms with Crippen LogP contribution in [0.25, 0.3) is 11.2 Å². The third-order valence-corrected chi connectivity index (χ3v) is 10.8. The lowest BCUT2D eigenvalue weighted by molar-refractivity contribution is -0.301. The highest BCUT2D eigenvalue weighted by atomic mass is 31.3. The number of alkyl halides is 1. The Balaban J connectivity index is 1.40. The zero-order chi connectivity index (χ0) is 43.8. The Kier molecular flexibility index (Phi) is 13.5. The van der Waals surface area contributed by atoms with Crippen LogP contribution < -0.4 is 5.73 Å². The Morgan fingerprint density at radius 3 is 2.12 bits per heavy atom. The standard InChI is InChI=1S/C30H40FN5O21P2/c1-12(37)46-8-17(48-13(2)38)19-20(49-14(3)39)21(50-15(4)40)22(51-16(5)41)28(52-19)56-59(44,45)57-58(42,43)47-9-30(31)24-23(53-29(6,7)54-24)27(55-30)36-11-35-18-25(32)33-10-34-26(18)36/h10-11,17,19-24,27-28H,8-9H2,1-7H3,(H,42,43)(H,44,45)(H2,32,33,34)/t17-,19?,20-,21+,22?,23+,24?,27-,28+,30-/m1/s1. The number of nitrogen functional groups attached to an aromatic ring is 1. The van der Waals surface area contributed by atoms with E-state index in [9.17, 15) is 42.9 Å². The lowest BCUT2D eigenvalue weighted by atomic mass is 9.94. The van der Waals surface area contributed by atoms with Gasteiger partial charge in [0.1, 0.15) is 37.3 Å². The molecular weight excluding hydrogens is 847 g/mol. The Labute approximate surface area is 332 Å². The van der Waals surface area contributed by atoms with E-state index in [1.165, 1.54) is 24.7 Å². The van der Waals surface area contributed by atoms with E-state index in [-0.39, 0.29) is 17.0 Å². The summed E-state index contributed by atoms with van der Waals surface area (Å²) in [5.41, 5.74) is 6.09.